The van der Waals surface area contributed by atoms with Crippen LogP contribution in [-0.2, 0) is 0 Å². The number of rotatable bonds is 2. The number of ether oxygens (including phenoxy) is 1. The quantitative estimate of drug-likeness (QED) is 0.716. The fraction of sp³-hybridized carbons (Fsp3) is 0.300. The molecule has 1 aromatic carbocycles. The molecule has 144 valence electrons. The van der Waals surface area contributed by atoms with Crippen LogP contribution in [-0.4, -0.2) is 64.1 Å². The van der Waals surface area contributed by atoms with E-state index < -0.39 is 6.29 Å². The van der Waals surface area contributed by atoms with Crippen LogP contribution in [0.5, 0.6) is 5.75 Å². The third-order valence-corrected chi connectivity index (χ3v) is 5.47. The summed E-state index contributed by atoms with van der Waals surface area (Å²) in [5.41, 5.74) is 3.89. The summed E-state index contributed by atoms with van der Waals surface area (Å²) in [6, 6.07) is 9.60. The van der Waals surface area contributed by atoms with Gasteiger partial charge in [0.25, 0.3) is 0 Å². The van der Waals surface area contributed by atoms with Gasteiger partial charge in [-0.3, -0.25) is 0 Å². The number of imidazole rings is 1. The highest BCUT2D eigenvalue weighted by molar-refractivity contribution is 6.29. The first-order chi connectivity index (χ1) is 13.6. The number of aliphatic hydroxyl groups excluding tert-OH is 1. The van der Waals surface area contributed by atoms with Crippen molar-refractivity contribution in [3.05, 3.63) is 52.9 Å². The van der Waals surface area contributed by atoms with E-state index in [1.165, 1.54) is 0 Å². The van der Waals surface area contributed by atoms with Crippen molar-refractivity contribution in [2.24, 2.45) is 0 Å². The molecule has 2 aromatic heterocycles. The van der Waals surface area contributed by atoms with Crippen molar-refractivity contribution in [3.63, 3.8) is 0 Å². The molecular formula is C20H20ClN5O2. The smallest absolute Gasteiger partial charge is 0.226 e. The Kier molecular flexibility index (Phi) is 4.23. The Morgan fingerprint density at radius 2 is 1.96 bits per heavy atom. The maximum atomic E-state index is 10.6. The standard InChI is InChI=1S/C20H20ClN5O2/c1-24-6-8-25(9-7-24)14-3-2-13-10-15(20(27)28-17(13)11-14)16-12-26-19(22-16)5-4-18(21)23-26/h2-5,10-12,20,27H,6-9H2,1H3. The summed E-state index contributed by atoms with van der Waals surface area (Å²) in [5, 5.41) is 15.2. The third kappa shape index (κ3) is 3.11. The van der Waals surface area contributed by atoms with Gasteiger partial charge in [0, 0.05) is 49.1 Å². The van der Waals surface area contributed by atoms with E-state index in [2.05, 4.69) is 33.0 Å². The van der Waals surface area contributed by atoms with E-state index in [-0.39, 0.29) is 0 Å². The number of hydrogen-bond acceptors (Lipinski definition) is 6. The summed E-state index contributed by atoms with van der Waals surface area (Å²) >= 11 is 5.94. The molecule has 0 spiro atoms. The predicted octanol–water partition coefficient (Wildman–Crippen LogP) is 2.39. The Bertz CT molecular complexity index is 1070. The van der Waals surface area contributed by atoms with Crippen LogP contribution in [0, 0.1) is 0 Å². The van der Waals surface area contributed by atoms with Gasteiger partial charge in [-0.15, -0.1) is 0 Å². The molecule has 3 aromatic rings. The number of halogens is 1. The zero-order valence-electron chi connectivity index (χ0n) is 15.4. The molecule has 1 unspecified atom stereocenters. The number of benzene rings is 1. The van der Waals surface area contributed by atoms with Gasteiger partial charge >= 0.3 is 0 Å². The first-order valence-corrected chi connectivity index (χ1v) is 9.61. The zero-order valence-corrected chi connectivity index (χ0v) is 16.2. The van der Waals surface area contributed by atoms with Crippen molar-refractivity contribution in [2.75, 3.05) is 38.1 Å². The fourth-order valence-electron chi connectivity index (χ4n) is 3.63. The van der Waals surface area contributed by atoms with Crippen LogP contribution >= 0.6 is 11.6 Å². The normalized spacial score (nSPS) is 20.0. The predicted molar refractivity (Wildman–Crippen MR) is 109 cm³/mol. The highest BCUT2D eigenvalue weighted by atomic mass is 35.5. The molecule has 1 atom stereocenters. The van der Waals surface area contributed by atoms with Crippen LogP contribution in [0.3, 0.4) is 0 Å². The van der Waals surface area contributed by atoms with Crippen molar-refractivity contribution in [2.45, 2.75) is 6.29 Å². The average molecular weight is 398 g/mol. The number of piperazine rings is 1. The molecule has 0 saturated carbocycles. The second-order valence-electron chi connectivity index (χ2n) is 7.17. The molecule has 0 bridgehead atoms. The van der Waals surface area contributed by atoms with Gasteiger partial charge in [-0.2, -0.15) is 5.10 Å². The molecule has 0 aliphatic carbocycles. The van der Waals surface area contributed by atoms with Crippen LogP contribution in [0.1, 0.15) is 11.3 Å². The van der Waals surface area contributed by atoms with E-state index >= 15 is 0 Å². The minimum absolute atomic E-state index is 0.382. The number of likely N-dealkylation sites (N-methyl/N-ethyl adjacent to an activating group) is 1. The maximum Gasteiger partial charge on any atom is 0.226 e. The molecule has 8 heteroatoms. The van der Waals surface area contributed by atoms with Crippen LogP contribution < -0.4 is 9.64 Å². The van der Waals surface area contributed by atoms with Gasteiger partial charge in [-0.25, -0.2) is 9.50 Å². The Balaban J connectivity index is 1.47. The summed E-state index contributed by atoms with van der Waals surface area (Å²) in [5.74, 6) is 0.678. The number of nitrogens with zero attached hydrogens (tertiary/aromatic N) is 5. The molecule has 1 fully saturated rings. The van der Waals surface area contributed by atoms with E-state index in [0.717, 1.165) is 37.4 Å². The lowest BCUT2D eigenvalue weighted by Gasteiger charge is -2.34. The van der Waals surface area contributed by atoms with Crippen LogP contribution in [0.2, 0.25) is 5.15 Å². The largest absolute Gasteiger partial charge is 0.460 e. The molecule has 2 aliphatic rings. The molecule has 0 amide bonds. The summed E-state index contributed by atoms with van der Waals surface area (Å²) in [6.07, 6.45) is 2.57. The number of hydrogen-bond donors (Lipinski definition) is 1. The molecule has 28 heavy (non-hydrogen) atoms. The molecule has 2 aliphatic heterocycles. The van der Waals surface area contributed by atoms with Gasteiger partial charge in [0.05, 0.1) is 11.9 Å². The van der Waals surface area contributed by atoms with Gasteiger partial charge in [-0.1, -0.05) is 11.6 Å². The molecule has 1 N–H and O–H groups in total. The lowest BCUT2D eigenvalue weighted by molar-refractivity contribution is 0.0318. The highest BCUT2D eigenvalue weighted by Gasteiger charge is 2.25. The average Bonchev–Trinajstić information content (AvgIpc) is 3.10. The number of anilines is 1. The van der Waals surface area contributed by atoms with Gasteiger partial charge in [-0.05, 0) is 37.4 Å². The zero-order chi connectivity index (χ0) is 19.3. The molecule has 0 radical (unpaired) electrons. The van der Waals surface area contributed by atoms with Crippen molar-refractivity contribution in [1.29, 1.82) is 0 Å². The minimum Gasteiger partial charge on any atom is -0.460 e. The summed E-state index contributed by atoms with van der Waals surface area (Å²) in [6.45, 7) is 4.04. The van der Waals surface area contributed by atoms with E-state index in [0.29, 0.717) is 27.8 Å². The summed E-state index contributed by atoms with van der Waals surface area (Å²) < 4.78 is 7.42. The van der Waals surface area contributed by atoms with Crippen molar-refractivity contribution in [1.82, 2.24) is 19.5 Å². The lowest BCUT2D eigenvalue weighted by Crippen LogP contribution is -2.44. The highest BCUT2D eigenvalue weighted by Crippen LogP contribution is 2.36. The Morgan fingerprint density at radius 3 is 2.79 bits per heavy atom. The monoisotopic (exact) mass is 397 g/mol. The summed E-state index contributed by atoms with van der Waals surface area (Å²) in [4.78, 5) is 9.18. The molecule has 5 rings (SSSR count). The van der Waals surface area contributed by atoms with E-state index in [4.69, 9.17) is 16.3 Å². The molecule has 7 nitrogen and oxygen atoms in total. The van der Waals surface area contributed by atoms with Gasteiger partial charge in [0.2, 0.25) is 6.29 Å². The second kappa shape index (κ2) is 6.77. The molecular weight excluding hydrogens is 378 g/mol. The van der Waals surface area contributed by atoms with Crippen molar-refractivity contribution in [3.8, 4) is 5.75 Å². The lowest BCUT2D eigenvalue weighted by atomic mass is 10.0. The van der Waals surface area contributed by atoms with Crippen molar-refractivity contribution >= 4 is 34.6 Å². The number of fused-ring (bicyclic) bond motifs is 2. The fourth-order valence-corrected chi connectivity index (χ4v) is 3.77. The topological polar surface area (TPSA) is 66.1 Å². The number of aliphatic hydroxyl groups is 1. The van der Waals surface area contributed by atoms with E-state index in [1.54, 1.807) is 22.8 Å². The van der Waals surface area contributed by atoms with E-state index in [9.17, 15) is 5.11 Å². The first kappa shape index (κ1) is 17.5. The van der Waals surface area contributed by atoms with Crippen LogP contribution in [0.4, 0.5) is 5.69 Å². The summed E-state index contributed by atoms with van der Waals surface area (Å²) in [7, 11) is 2.14. The van der Waals surface area contributed by atoms with E-state index in [1.807, 2.05) is 18.2 Å². The molecule has 4 heterocycles. The Hall–Kier alpha value is -2.61. The molecule has 1 saturated heterocycles. The van der Waals surface area contributed by atoms with Crippen molar-refractivity contribution < 1.29 is 9.84 Å². The van der Waals surface area contributed by atoms with Gasteiger partial charge in [0.1, 0.15) is 10.9 Å². The van der Waals surface area contributed by atoms with Crippen LogP contribution in [0.25, 0.3) is 17.3 Å². The SMILES string of the molecule is CN1CCN(c2ccc3c(c2)OC(O)C(c2cn4nc(Cl)ccc4n2)=C3)CC1. The second-order valence-corrected chi connectivity index (χ2v) is 7.55. The maximum absolute atomic E-state index is 10.6. The van der Waals surface area contributed by atoms with Crippen LogP contribution in [0.15, 0.2) is 36.5 Å². The third-order valence-electron chi connectivity index (χ3n) is 5.26. The first-order valence-electron chi connectivity index (χ1n) is 9.23. The Labute approximate surface area is 167 Å². The van der Waals surface area contributed by atoms with Gasteiger partial charge in [0.15, 0.2) is 5.65 Å². The minimum atomic E-state index is -1.09. The van der Waals surface area contributed by atoms with Gasteiger partial charge < -0.3 is 19.6 Å². The Morgan fingerprint density at radius 1 is 1.14 bits per heavy atom. The number of aromatic nitrogens is 3.